The zero-order chi connectivity index (χ0) is 16.2. The lowest BCUT2D eigenvalue weighted by Gasteiger charge is -2.20. The highest BCUT2D eigenvalue weighted by Crippen LogP contribution is 2.11. The van der Waals surface area contributed by atoms with Crippen LogP contribution in [0.5, 0.6) is 0 Å². The first-order chi connectivity index (χ1) is 11.1. The molecule has 0 radical (unpaired) electrons. The Morgan fingerprint density at radius 1 is 1.17 bits per heavy atom. The average Bonchev–Trinajstić information content (AvgIpc) is 2.75. The molecule has 1 aliphatic rings. The van der Waals surface area contributed by atoms with Gasteiger partial charge in [0.1, 0.15) is 0 Å². The molecule has 5 heteroatoms. The van der Waals surface area contributed by atoms with E-state index in [-0.39, 0.29) is 5.91 Å². The molecule has 122 valence electrons. The fourth-order valence-electron chi connectivity index (χ4n) is 2.99. The van der Waals surface area contributed by atoms with Crippen LogP contribution in [-0.4, -0.2) is 46.8 Å². The number of hydrogen-bond acceptors (Lipinski definition) is 3. The molecule has 2 heterocycles. The number of benzene rings is 1. The van der Waals surface area contributed by atoms with Crippen LogP contribution in [0.3, 0.4) is 0 Å². The van der Waals surface area contributed by atoms with E-state index in [9.17, 15) is 4.79 Å². The standard InChI is InChI=1S/C18H24N4O/c1-14-12-15(2)22(20-14)13-16-4-6-17(7-5-16)18(23)21-10-3-8-19-9-11-21/h4-7,12,19H,3,8-11,13H2,1-2H3. The van der Waals surface area contributed by atoms with Crippen LogP contribution in [0.15, 0.2) is 30.3 Å². The second-order valence-electron chi connectivity index (χ2n) is 6.18. The lowest BCUT2D eigenvalue weighted by Crippen LogP contribution is -2.34. The summed E-state index contributed by atoms with van der Waals surface area (Å²) in [6.07, 6.45) is 1.02. The molecule has 1 aromatic carbocycles. The highest BCUT2D eigenvalue weighted by Gasteiger charge is 2.16. The van der Waals surface area contributed by atoms with Crippen LogP contribution in [0, 0.1) is 13.8 Å². The van der Waals surface area contributed by atoms with Crippen LogP contribution in [0.1, 0.15) is 33.7 Å². The first-order valence-corrected chi connectivity index (χ1v) is 8.23. The fraction of sp³-hybridized carbons (Fsp3) is 0.444. The molecule has 0 aliphatic carbocycles. The SMILES string of the molecule is Cc1cc(C)n(Cc2ccc(C(=O)N3CCCNCC3)cc2)n1. The summed E-state index contributed by atoms with van der Waals surface area (Å²) in [6.45, 7) is 8.28. The minimum atomic E-state index is 0.131. The number of aryl methyl sites for hydroxylation is 2. The Morgan fingerprint density at radius 2 is 1.96 bits per heavy atom. The Morgan fingerprint density at radius 3 is 2.65 bits per heavy atom. The van der Waals surface area contributed by atoms with Crippen molar-refractivity contribution in [1.82, 2.24) is 20.0 Å². The van der Waals surface area contributed by atoms with Crippen molar-refractivity contribution >= 4 is 5.91 Å². The van der Waals surface area contributed by atoms with Gasteiger partial charge in [-0.05, 0) is 50.6 Å². The van der Waals surface area contributed by atoms with Crippen LogP contribution in [0.4, 0.5) is 0 Å². The summed E-state index contributed by atoms with van der Waals surface area (Å²) in [5.74, 6) is 0.131. The van der Waals surface area contributed by atoms with E-state index in [0.29, 0.717) is 0 Å². The Labute approximate surface area is 137 Å². The molecule has 2 aromatic rings. The van der Waals surface area contributed by atoms with Crippen molar-refractivity contribution in [2.75, 3.05) is 26.2 Å². The Kier molecular flexibility index (Phi) is 4.76. The number of nitrogens with one attached hydrogen (secondary N) is 1. The second-order valence-corrected chi connectivity index (χ2v) is 6.18. The molecule has 23 heavy (non-hydrogen) atoms. The van der Waals surface area contributed by atoms with Gasteiger partial charge in [-0.2, -0.15) is 5.10 Å². The zero-order valence-corrected chi connectivity index (χ0v) is 13.9. The van der Waals surface area contributed by atoms with Gasteiger partial charge in [0.2, 0.25) is 0 Å². The number of aromatic nitrogens is 2. The quantitative estimate of drug-likeness (QED) is 0.943. The van der Waals surface area contributed by atoms with Crippen LogP contribution >= 0.6 is 0 Å². The molecule has 1 fully saturated rings. The van der Waals surface area contributed by atoms with Gasteiger partial charge in [-0.15, -0.1) is 0 Å². The van der Waals surface area contributed by atoms with E-state index in [2.05, 4.69) is 23.4 Å². The van der Waals surface area contributed by atoms with E-state index in [4.69, 9.17) is 0 Å². The van der Waals surface area contributed by atoms with E-state index >= 15 is 0 Å². The zero-order valence-electron chi connectivity index (χ0n) is 13.9. The van der Waals surface area contributed by atoms with E-state index in [1.54, 1.807) is 0 Å². The van der Waals surface area contributed by atoms with E-state index in [1.807, 2.05) is 40.8 Å². The average molecular weight is 312 g/mol. The Bertz CT molecular complexity index is 667. The van der Waals surface area contributed by atoms with Crippen LogP contribution in [0.25, 0.3) is 0 Å². The van der Waals surface area contributed by atoms with Crippen molar-refractivity contribution in [2.45, 2.75) is 26.8 Å². The smallest absolute Gasteiger partial charge is 0.253 e. The molecule has 1 aliphatic heterocycles. The summed E-state index contributed by atoms with van der Waals surface area (Å²) in [6, 6.07) is 9.99. The largest absolute Gasteiger partial charge is 0.337 e. The Balaban J connectivity index is 1.68. The molecule has 0 saturated carbocycles. The predicted molar refractivity (Wildman–Crippen MR) is 90.6 cm³/mol. The number of amides is 1. The van der Waals surface area contributed by atoms with Gasteiger partial charge < -0.3 is 10.2 Å². The van der Waals surface area contributed by atoms with Gasteiger partial charge in [-0.1, -0.05) is 12.1 Å². The first kappa shape index (κ1) is 15.7. The van der Waals surface area contributed by atoms with Gasteiger partial charge in [0.25, 0.3) is 5.91 Å². The summed E-state index contributed by atoms with van der Waals surface area (Å²) in [5, 5.41) is 7.81. The molecular formula is C18H24N4O. The van der Waals surface area contributed by atoms with Crippen molar-refractivity contribution in [3.05, 3.63) is 52.8 Å². The van der Waals surface area contributed by atoms with Crippen molar-refractivity contribution < 1.29 is 4.79 Å². The van der Waals surface area contributed by atoms with Gasteiger partial charge in [-0.3, -0.25) is 9.48 Å². The molecule has 0 spiro atoms. The molecule has 0 bridgehead atoms. The highest BCUT2D eigenvalue weighted by molar-refractivity contribution is 5.94. The van der Waals surface area contributed by atoms with E-state index in [1.165, 1.54) is 0 Å². The molecule has 1 amide bonds. The van der Waals surface area contributed by atoms with Crippen molar-refractivity contribution in [2.24, 2.45) is 0 Å². The molecule has 1 aromatic heterocycles. The molecule has 0 unspecified atom stereocenters. The topological polar surface area (TPSA) is 50.2 Å². The van der Waals surface area contributed by atoms with Crippen LogP contribution in [-0.2, 0) is 6.54 Å². The van der Waals surface area contributed by atoms with Gasteiger partial charge in [0.05, 0.1) is 12.2 Å². The minimum absolute atomic E-state index is 0.131. The highest BCUT2D eigenvalue weighted by atomic mass is 16.2. The van der Waals surface area contributed by atoms with Crippen molar-refractivity contribution in [1.29, 1.82) is 0 Å². The number of hydrogen-bond donors (Lipinski definition) is 1. The lowest BCUT2D eigenvalue weighted by molar-refractivity contribution is 0.0766. The maximum atomic E-state index is 12.6. The molecule has 0 atom stereocenters. The predicted octanol–water partition coefficient (Wildman–Crippen LogP) is 1.98. The van der Waals surface area contributed by atoms with Gasteiger partial charge in [-0.25, -0.2) is 0 Å². The molecule has 5 nitrogen and oxygen atoms in total. The van der Waals surface area contributed by atoms with Gasteiger partial charge in [0.15, 0.2) is 0 Å². The third kappa shape index (κ3) is 3.79. The maximum absolute atomic E-state index is 12.6. The van der Waals surface area contributed by atoms with E-state index < -0.39 is 0 Å². The first-order valence-electron chi connectivity index (χ1n) is 8.23. The molecular weight excluding hydrogens is 288 g/mol. The summed E-state index contributed by atoms with van der Waals surface area (Å²) in [4.78, 5) is 14.5. The van der Waals surface area contributed by atoms with Gasteiger partial charge in [0, 0.05) is 30.9 Å². The van der Waals surface area contributed by atoms with Gasteiger partial charge >= 0.3 is 0 Å². The van der Waals surface area contributed by atoms with Crippen LogP contribution in [0.2, 0.25) is 0 Å². The third-order valence-electron chi connectivity index (χ3n) is 4.26. The molecule has 1 saturated heterocycles. The monoisotopic (exact) mass is 312 g/mol. The number of nitrogens with zero attached hydrogens (tertiary/aromatic N) is 3. The second kappa shape index (κ2) is 6.96. The third-order valence-corrected chi connectivity index (χ3v) is 4.26. The van der Waals surface area contributed by atoms with Crippen molar-refractivity contribution in [3.8, 4) is 0 Å². The molecule has 1 N–H and O–H groups in total. The van der Waals surface area contributed by atoms with E-state index in [0.717, 1.165) is 61.7 Å². The number of rotatable bonds is 3. The lowest BCUT2D eigenvalue weighted by atomic mass is 10.1. The summed E-state index contributed by atoms with van der Waals surface area (Å²) >= 11 is 0. The molecule has 3 rings (SSSR count). The summed E-state index contributed by atoms with van der Waals surface area (Å²) in [5.41, 5.74) is 4.11. The van der Waals surface area contributed by atoms with Crippen LogP contribution < -0.4 is 5.32 Å². The fourth-order valence-corrected chi connectivity index (χ4v) is 2.99. The Hall–Kier alpha value is -2.14. The van der Waals surface area contributed by atoms with Crippen molar-refractivity contribution in [3.63, 3.8) is 0 Å². The summed E-state index contributed by atoms with van der Waals surface area (Å²) < 4.78 is 1.99. The summed E-state index contributed by atoms with van der Waals surface area (Å²) in [7, 11) is 0. The number of carbonyl (C=O) groups excluding carboxylic acids is 1. The normalized spacial score (nSPS) is 15.5. The number of carbonyl (C=O) groups is 1. The minimum Gasteiger partial charge on any atom is -0.337 e. The maximum Gasteiger partial charge on any atom is 0.253 e.